The summed E-state index contributed by atoms with van der Waals surface area (Å²) in [5.74, 6) is 0.266. The fourth-order valence-electron chi connectivity index (χ4n) is 3.72. The predicted molar refractivity (Wildman–Crippen MR) is 91.9 cm³/mol. The molecule has 3 N–H and O–H groups in total. The highest BCUT2D eigenvalue weighted by Gasteiger charge is 2.40. The monoisotopic (exact) mass is 347 g/mol. The van der Waals surface area contributed by atoms with E-state index in [1.54, 1.807) is 4.90 Å². The van der Waals surface area contributed by atoms with Crippen LogP contribution >= 0.6 is 0 Å². The third kappa shape index (κ3) is 4.29. The van der Waals surface area contributed by atoms with Gasteiger partial charge in [-0.05, 0) is 31.4 Å². The molecule has 2 aliphatic rings. The highest BCUT2D eigenvalue weighted by Crippen LogP contribution is 2.26. The van der Waals surface area contributed by atoms with Gasteiger partial charge in [-0.15, -0.1) is 0 Å². The molecular weight excluding hydrogens is 322 g/mol. The van der Waals surface area contributed by atoms with Gasteiger partial charge in [0.05, 0.1) is 12.1 Å². The number of benzene rings is 1. The van der Waals surface area contributed by atoms with E-state index in [-0.39, 0.29) is 24.5 Å². The first kappa shape index (κ1) is 17.7. The minimum absolute atomic E-state index is 0.0288. The predicted octanol–water partition coefficient (Wildman–Crippen LogP) is -0.0231. The van der Waals surface area contributed by atoms with Gasteiger partial charge in [0.15, 0.2) is 6.61 Å². The molecule has 2 aliphatic heterocycles. The summed E-state index contributed by atoms with van der Waals surface area (Å²) < 4.78 is 5.51. The second-order valence-electron chi connectivity index (χ2n) is 6.72. The van der Waals surface area contributed by atoms with Crippen LogP contribution < -0.4 is 10.5 Å². The molecule has 0 radical (unpaired) electrons. The molecule has 7 heteroatoms. The van der Waals surface area contributed by atoms with E-state index in [1.807, 2.05) is 35.2 Å². The average molecular weight is 347 g/mol. The number of ether oxygens (including phenoxy) is 1. The summed E-state index contributed by atoms with van der Waals surface area (Å²) in [6.07, 6.45) is 1.44. The van der Waals surface area contributed by atoms with Gasteiger partial charge in [-0.25, -0.2) is 0 Å². The maximum Gasteiger partial charge on any atom is 0.260 e. The van der Waals surface area contributed by atoms with Gasteiger partial charge < -0.3 is 20.5 Å². The van der Waals surface area contributed by atoms with E-state index in [9.17, 15) is 14.7 Å². The Morgan fingerprint density at radius 1 is 1.20 bits per heavy atom. The number of likely N-dealkylation sites (tertiary alicyclic amines) is 2. The quantitative estimate of drug-likeness (QED) is 0.780. The van der Waals surface area contributed by atoms with Crippen molar-refractivity contribution in [3.05, 3.63) is 30.3 Å². The van der Waals surface area contributed by atoms with Crippen LogP contribution in [-0.4, -0.2) is 71.1 Å². The zero-order valence-electron chi connectivity index (χ0n) is 14.2. The topological polar surface area (TPSA) is 96.1 Å². The van der Waals surface area contributed by atoms with Crippen molar-refractivity contribution in [2.24, 2.45) is 5.73 Å². The molecule has 0 aliphatic carbocycles. The lowest BCUT2D eigenvalue weighted by molar-refractivity contribution is -0.135. The SMILES string of the molecule is NC(=O)[C@@H]1C[C@@H](O)CN1C1CCN(C(=O)COc2ccccc2)CC1. The van der Waals surface area contributed by atoms with Crippen LogP contribution in [0.5, 0.6) is 5.75 Å². The molecule has 3 rings (SSSR count). The Hall–Kier alpha value is -2.12. The van der Waals surface area contributed by atoms with Crippen molar-refractivity contribution in [3.63, 3.8) is 0 Å². The van der Waals surface area contributed by atoms with E-state index in [0.717, 1.165) is 12.8 Å². The Bertz CT molecular complexity index is 602. The molecule has 25 heavy (non-hydrogen) atoms. The zero-order chi connectivity index (χ0) is 17.8. The van der Waals surface area contributed by atoms with E-state index in [4.69, 9.17) is 10.5 Å². The standard InChI is InChI=1S/C18H25N3O4/c19-18(24)16-10-14(22)11-21(16)13-6-8-20(9-7-13)17(23)12-25-15-4-2-1-3-5-15/h1-5,13-14,16,22H,6-12H2,(H2,19,24)/t14-,16+/m1/s1. The molecule has 2 saturated heterocycles. The summed E-state index contributed by atoms with van der Waals surface area (Å²) in [5.41, 5.74) is 5.45. The van der Waals surface area contributed by atoms with Crippen LogP contribution in [0.3, 0.4) is 0 Å². The summed E-state index contributed by atoms with van der Waals surface area (Å²) in [4.78, 5) is 27.7. The second kappa shape index (κ2) is 7.84. The highest BCUT2D eigenvalue weighted by molar-refractivity contribution is 5.80. The Labute approximate surface area is 147 Å². The molecule has 1 aromatic rings. The summed E-state index contributed by atoms with van der Waals surface area (Å²) in [6.45, 7) is 1.75. The number of primary amides is 1. The van der Waals surface area contributed by atoms with E-state index < -0.39 is 12.1 Å². The van der Waals surface area contributed by atoms with Gasteiger partial charge in [0, 0.05) is 25.7 Å². The van der Waals surface area contributed by atoms with Crippen molar-refractivity contribution in [1.82, 2.24) is 9.80 Å². The molecule has 7 nitrogen and oxygen atoms in total. The van der Waals surface area contributed by atoms with Crippen molar-refractivity contribution in [2.45, 2.75) is 37.5 Å². The van der Waals surface area contributed by atoms with Gasteiger partial charge >= 0.3 is 0 Å². The molecule has 0 spiro atoms. The number of para-hydroxylation sites is 1. The van der Waals surface area contributed by atoms with Crippen LogP contribution in [0.15, 0.2) is 30.3 Å². The first-order valence-electron chi connectivity index (χ1n) is 8.73. The number of aliphatic hydroxyl groups excluding tert-OH is 1. The van der Waals surface area contributed by atoms with Gasteiger partial charge in [0.2, 0.25) is 5.91 Å². The number of aliphatic hydroxyl groups is 1. The molecule has 0 bridgehead atoms. The third-order valence-electron chi connectivity index (χ3n) is 5.04. The van der Waals surface area contributed by atoms with Gasteiger partial charge in [0.25, 0.3) is 5.91 Å². The molecule has 0 saturated carbocycles. The largest absolute Gasteiger partial charge is 0.484 e. The maximum absolute atomic E-state index is 12.3. The fourth-order valence-corrected chi connectivity index (χ4v) is 3.72. The molecule has 0 unspecified atom stereocenters. The van der Waals surface area contributed by atoms with Crippen molar-refractivity contribution in [2.75, 3.05) is 26.2 Å². The van der Waals surface area contributed by atoms with Crippen LogP contribution in [0, 0.1) is 0 Å². The van der Waals surface area contributed by atoms with E-state index >= 15 is 0 Å². The number of β-amino-alcohol motifs (C(OH)–C–C–N with tert-alkyl or cyclic N) is 1. The summed E-state index contributed by atoms with van der Waals surface area (Å²) >= 11 is 0. The van der Waals surface area contributed by atoms with Gasteiger partial charge in [-0.3, -0.25) is 14.5 Å². The van der Waals surface area contributed by atoms with Crippen molar-refractivity contribution < 1.29 is 19.4 Å². The number of carbonyl (C=O) groups excluding carboxylic acids is 2. The van der Waals surface area contributed by atoms with Gasteiger partial charge in [0.1, 0.15) is 5.75 Å². The Morgan fingerprint density at radius 3 is 2.52 bits per heavy atom. The van der Waals surface area contributed by atoms with Gasteiger partial charge in [-0.2, -0.15) is 0 Å². The minimum atomic E-state index is -0.503. The number of carbonyl (C=O) groups is 2. The average Bonchev–Trinajstić information content (AvgIpc) is 3.03. The molecule has 0 aromatic heterocycles. The van der Waals surface area contributed by atoms with Crippen LogP contribution in [0.1, 0.15) is 19.3 Å². The van der Waals surface area contributed by atoms with Gasteiger partial charge in [-0.1, -0.05) is 18.2 Å². The Kier molecular flexibility index (Phi) is 5.55. The highest BCUT2D eigenvalue weighted by atomic mass is 16.5. The number of hydrogen-bond donors (Lipinski definition) is 2. The van der Waals surface area contributed by atoms with Crippen LogP contribution in [0.4, 0.5) is 0 Å². The molecule has 136 valence electrons. The molecule has 2 atom stereocenters. The third-order valence-corrected chi connectivity index (χ3v) is 5.04. The van der Waals surface area contributed by atoms with Crippen molar-refractivity contribution in [1.29, 1.82) is 0 Å². The number of nitrogens with two attached hydrogens (primary N) is 1. The van der Waals surface area contributed by atoms with Crippen LogP contribution in [0.25, 0.3) is 0 Å². The summed E-state index contributed by atoms with van der Waals surface area (Å²) in [7, 11) is 0. The Balaban J connectivity index is 1.48. The second-order valence-corrected chi connectivity index (χ2v) is 6.72. The minimum Gasteiger partial charge on any atom is -0.484 e. The Morgan fingerprint density at radius 2 is 1.88 bits per heavy atom. The number of rotatable bonds is 5. The number of piperidine rings is 1. The molecule has 1 aromatic carbocycles. The molecular formula is C18H25N3O4. The number of amides is 2. The molecule has 2 heterocycles. The smallest absolute Gasteiger partial charge is 0.260 e. The number of nitrogens with zero attached hydrogens (tertiary/aromatic N) is 2. The van der Waals surface area contributed by atoms with E-state index in [2.05, 4.69) is 0 Å². The first-order chi connectivity index (χ1) is 12.0. The molecule has 2 amide bonds. The summed E-state index contributed by atoms with van der Waals surface area (Å²) in [6, 6.07) is 9.05. The van der Waals surface area contributed by atoms with Crippen LogP contribution in [-0.2, 0) is 9.59 Å². The summed E-state index contributed by atoms with van der Waals surface area (Å²) in [5, 5.41) is 9.84. The maximum atomic E-state index is 12.3. The number of hydrogen-bond acceptors (Lipinski definition) is 5. The zero-order valence-corrected chi connectivity index (χ0v) is 14.2. The lowest BCUT2D eigenvalue weighted by atomic mass is 10.0. The lowest BCUT2D eigenvalue weighted by Crippen LogP contribution is -2.51. The van der Waals surface area contributed by atoms with Crippen molar-refractivity contribution >= 4 is 11.8 Å². The van der Waals surface area contributed by atoms with Crippen molar-refractivity contribution in [3.8, 4) is 5.75 Å². The first-order valence-corrected chi connectivity index (χ1v) is 8.73. The molecule has 2 fully saturated rings. The van der Waals surface area contributed by atoms with E-state index in [0.29, 0.717) is 31.8 Å². The fraction of sp³-hybridized carbons (Fsp3) is 0.556. The normalized spacial score (nSPS) is 25.1. The van der Waals surface area contributed by atoms with E-state index in [1.165, 1.54) is 0 Å². The lowest BCUT2D eigenvalue weighted by Gasteiger charge is -2.38. The van der Waals surface area contributed by atoms with Crippen LogP contribution in [0.2, 0.25) is 0 Å².